The van der Waals surface area contributed by atoms with Gasteiger partial charge in [-0.25, -0.2) is 0 Å². The predicted octanol–water partition coefficient (Wildman–Crippen LogP) is 2.38. The van der Waals surface area contributed by atoms with Gasteiger partial charge in [-0.2, -0.15) is 13.2 Å². The van der Waals surface area contributed by atoms with Crippen molar-refractivity contribution >= 4 is 11.9 Å². The lowest BCUT2D eigenvalue weighted by molar-refractivity contribution is -0.186. The number of carbonyl (C=O) groups excluding carboxylic acids is 2. The molecule has 0 aliphatic heterocycles. The lowest BCUT2D eigenvalue weighted by Gasteiger charge is -2.24. The molecule has 0 aliphatic carbocycles. The third kappa shape index (κ3) is 7.69. The van der Waals surface area contributed by atoms with E-state index in [9.17, 15) is 22.8 Å². The zero-order chi connectivity index (χ0) is 15.1. The minimum absolute atomic E-state index is 0.0184. The third-order valence-corrected chi connectivity index (χ3v) is 2.40. The van der Waals surface area contributed by atoms with Crippen LogP contribution < -0.4 is 0 Å². The molecule has 0 rings (SSSR count). The largest absolute Gasteiger partial charge is 0.471 e. The van der Waals surface area contributed by atoms with Gasteiger partial charge < -0.3 is 9.64 Å². The Balaban J connectivity index is 4.50. The Kier molecular flexibility index (Phi) is 7.48. The highest BCUT2D eigenvalue weighted by molar-refractivity contribution is 5.82. The van der Waals surface area contributed by atoms with E-state index in [0.29, 0.717) is 11.3 Å². The van der Waals surface area contributed by atoms with Crippen LogP contribution in [0.2, 0.25) is 0 Å². The van der Waals surface area contributed by atoms with Crippen LogP contribution in [0.3, 0.4) is 0 Å². The number of halogens is 3. The lowest BCUT2D eigenvalue weighted by Crippen LogP contribution is -2.43. The second-order valence-electron chi connectivity index (χ2n) is 4.53. The molecule has 0 aromatic heterocycles. The van der Waals surface area contributed by atoms with Gasteiger partial charge in [0.15, 0.2) is 0 Å². The van der Waals surface area contributed by atoms with Crippen LogP contribution in [0.5, 0.6) is 0 Å². The van der Waals surface area contributed by atoms with Gasteiger partial charge in [-0.05, 0) is 19.3 Å². The molecule has 0 unspecified atom stereocenters. The van der Waals surface area contributed by atoms with E-state index in [1.807, 2.05) is 13.8 Å². The van der Waals surface area contributed by atoms with Gasteiger partial charge in [-0.15, -0.1) is 0 Å². The summed E-state index contributed by atoms with van der Waals surface area (Å²) in [4.78, 5) is 23.0. The molecule has 112 valence electrons. The average Bonchev–Trinajstić information content (AvgIpc) is 2.27. The molecule has 0 atom stereocenters. The molecule has 0 heterocycles. The molecule has 0 saturated heterocycles. The van der Waals surface area contributed by atoms with E-state index in [0.717, 1.165) is 0 Å². The van der Waals surface area contributed by atoms with Crippen LogP contribution in [0.25, 0.3) is 0 Å². The van der Waals surface area contributed by atoms with Crippen molar-refractivity contribution in [1.82, 2.24) is 4.90 Å². The summed E-state index contributed by atoms with van der Waals surface area (Å²) >= 11 is 0. The molecule has 1 amide bonds. The highest BCUT2D eigenvalue weighted by Crippen LogP contribution is 2.19. The molecule has 7 heteroatoms. The highest BCUT2D eigenvalue weighted by atomic mass is 19.4. The summed E-state index contributed by atoms with van der Waals surface area (Å²) in [5.74, 6) is -2.34. The van der Waals surface area contributed by atoms with Gasteiger partial charge in [0, 0.05) is 13.1 Å². The zero-order valence-corrected chi connectivity index (χ0v) is 11.4. The summed E-state index contributed by atoms with van der Waals surface area (Å²) in [6, 6.07) is 0. The van der Waals surface area contributed by atoms with Gasteiger partial charge in [0.25, 0.3) is 0 Å². The van der Waals surface area contributed by atoms with Gasteiger partial charge in [-0.1, -0.05) is 13.8 Å². The molecule has 0 aliphatic rings. The van der Waals surface area contributed by atoms with Crippen molar-refractivity contribution < 1.29 is 27.5 Å². The SMILES string of the molecule is CCOC(=O)CCN(CCC(C)C)C(=O)C(F)(F)F. The van der Waals surface area contributed by atoms with Crippen LogP contribution in [-0.4, -0.2) is 42.6 Å². The molecule has 0 radical (unpaired) electrons. The van der Waals surface area contributed by atoms with Gasteiger partial charge >= 0.3 is 18.1 Å². The molecule has 0 fully saturated rings. The maximum Gasteiger partial charge on any atom is 0.471 e. The zero-order valence-electron chi connectivity index (χ0n) is 11.4. The average molecular weight is 283 g/mol. The van der Waals surface area contributed by atoms with Crippen LogP contribution >= 0.6 is 0 Å². The molecule has 0 aromatic carbocycles. The number of ether oxygens (including phenoxy) is 1. The summed E-state index contributed by atoms with van der Waals surface area (Å²) in [7, 11) is 0. The Morgan fingerprint density at radius 2 is 1.79 bits per heavy atom. The highest BCUT2D eigenvalue weighted by Gasteiger charge is 2.42. The van der Waals surface area contributed by atoms with Gasteiger partial charge in [-0.3, -0.25) is 9.59 Å². The summed E-state index contributed by atoms with van der Waals surface area (Å²) in [6.45, 7) is 5.18. The van der Waals surface area contributed by atoms with Crippen molar-refractivity contribution in [3.8, 4) is 0 Å². The topological polar surface area (TPSA) is 46.6 Å². The van der Waals surface area contributed by atoms with Crippen LogP contribution in [0.4, 0.5) is 13.2 Å². The first kappa shape index (κ1) is 17.7. The fourth-order valence-electron chi connectivity index (χ4n) is 1.37. The first-order chi connectivity index (χ1) is 8.68. The van der Waals surface area contributed by atoms with E-state index < -0.39 is 18.1 Å². The van der Waals surface area contributed by atoms with Gasteiger partial charge in [0.1, 0.15) is 0 Å². The fourth-order valence-corrected chi connectivity index (χ4v) is 1.37. The van der Waals surface area contributed by atoms with E-state index in [2.05, 4.69) is 4.74 Å². The van der Waals surface area contributed by atoms with E-state index in [1.165, 1.54) is 0 Å². The third-order valence-electron chi connectivity index (χ3n) is 2.40. The number of rotatable bonds is 7. The van der Waals surface area contributed by atoms with Crippen LogP contribution in [0.15, 0.2) is 0 Å². The molecule has 19 heavy (non-hydrogen) atoms. The van der Waals surface area contributed by atoms with Crippen molar-refractivity contribution in [2.45, 2.75) is 39.8 Å². The second kappa shape index (κ2) is 8.01. The molecular weight excluding hydrogens is 263 g/mol. The van der Waals surface area contributed by atoms with E-state index in [-0.39, 0.29) is 32.0 Å². The summed E-state index contributed by atoms with van der Waals surface area (Å²) in [5.41, 5.74) is 0. The monoisotopic (exact) mass is 283 g/mol. The second-order valence-corrected chi connectivity index (χ2v) is 4.53. The van der Waals surface area contributed by atoms with Crippen LogP contribution in [0, 0.1) is 5.92 Å². The number of amides is 1. The van der Waals surface area contributed by atoms with Crippen LogP contribution in [0.1, 0.15) is 33.6 Å². The van der Waals surface area contributed by atoms with E-state index >= 15 is 0 Å². The minimum Gasteiger partial charge on any atom is -0.466 e. The number of hydrogen-bond donors (Lipinski definition) is 0. The maximum atomic E-state index is 12.4. The lowest BCUT2D eigenvalue weighted by atomic mass is 10.1. The van der Waals surface area contributed by atoms with E-state index in [4.69, 9.17) is 0 Å². The first-order valence-corrected chi connectivity index (χ1v) is 6.20. The number of esters is 1. The predicted molar refractivity (Wildman–Crippen MR) is 63.3 cm³/mol. The van der Waals surface area contributed by atoms with Crippen molar-refractivity contribution in [3.63, 3.8) is 0 Å². The molecule has 0 aromatic rings. The molecule has 0 saturated carbocycles. The number of alkyl halides is 3. The van der Waals surface area contributed by atoms with Crippen molar-refractivity contribution in [2.24, 2.45) is 5.92 Å². The first-order valence-electron chi connectivity index (χ1n) is 6.20. The number of nitrogens with zero attached hydrogens (tertiary/aromatic N) is 1. The van der Waals surface area contributed by atoms with E-state index in [1.54, 1.807) is 6.92 Å². The van der Waals surface area contributed by atoms with Gasteiger partial charge in [0.05, 0.1) is 13.0 Å². The standard InChI is InChI=1S/C12H20F3NO3/c1-4-19-10(17)6-8-16(7-5-9(2)3)11(18)12(13,14)15/h9H,4-8H2,1-3H3. The summed E-state index contributed by atoms with van der Waals surface area (Å²) in [5, 5.41) is 0. The Morgan fingerprint density at radius 3 is 2.21 bits per heavy atom. The number of carbonyl (C=O) groups is 2. The van der Waals surface area contributed by atoms with Crippen LogP contribution in [-0.2, 0) is 14.3 Å². The number of hydrogen-bond acceptors (Lipinski definition) is 3. The minimum atomic E-state index is -4.91. The Morgan fingerprint density at radius 1 is 1.21 bits per heavy atom. The van der Waals surface area contributed by atoms with Crippen molar-refractivity contribution in [3.05, 3.63) is 0 Å². The fraction of sp³-hybridized carbons (Fsp3) is 0.833. The van der Waals surface area contributed by atoms with Gasteiger partial charge in [0.2, 0.25) is 0 Å². The van der Waals surface area contributed by atoms with Crippen molar-refractivity contribution in [2.75, 3.05) is 19.7 Å². The smallest absolute Gasteiger partial charge is 0.466 e. The molecular formula is C12H20F3NO3. The molecule has 4 nitrogen and oxygen atoms in total. The molecule has 0 bridgehead atoms. The summed E-state index contributed by atoms with van der Waals surface area (Å²) in [6.07, 6.45) is -4.69. The Hall–Kier alpha value is -1.27. The molecule has 0 spiro atoms. The molecule has 0 N–H and O–H groups in total. The maximum absolute atomic E-state index is 12.4. The van der Waals surface area contributed by atoms with Crippen molar-refractivity contribution in [1.29, 1.82) is 0 Å². The summed E-state index contributed by atoms with van der Waals surface area (Å²) < 4.78 is 41.8. The Bertz CT molecular complexity index is 303. The quantitative estimate of drug-likeness (QED) is 0.674. The normalized spacial score (nSPS) is 11.5. The Labute approximate surface area is 110 Å².